The normalized spacial score (nSPS) is 18.2. The highest BCUT2D eigenvalue weighted by atomic mass is 32.2. The average Bonchev–Trinajstić information content (AvgIpc) is 3.23. The second-order valence-electron chi connectivity index (χ2n) is 6.80. The van der Waals surface area contributed by atoms with Crippen molar-refractivity contribution in [3.05, 3.63) is 53.0 Å². The van der Waals surface area contributed by atoms with Gasteiger partial charge in [0, 0.05) is 6.54 Å². The molecule has 1 atom stereocenters. The molecule has 0 aliphatic carbocycles. The number of aryl methyl sites for hydroxylation is 3. The first kappa shape index (κ1) is 18.7. The van der Waals surface area contributed by atoms with Crippen molar-refractivity contribution in [3.8, 4) is 0 Å². The number of carbonyl (C=O) groups is 1. The van der Waals surface area contributed by atoms with Gasteiger partial charge >= 0.3 is 0 Å². The van der Waals surface area contributed by atoms with E-state index >= 15 is 0 Å². The number of amides is 1. The molecule has 140 valence electrons. The summed E-state index contributed by atoms with van der Waals surface area (Å²) < 4.78 is 33.1. The number of hydrogen-bond acceptors (Lipinski definition) is 4. The summed E-state index contributed by atoms with van der Waals surface area (Å²) in [4.78, 5) is 12.9. The molecule has 26 heavy (non-hydrogen) atoms. The summed E-state index contributed by atoms with van der Waals surface area (Å²) in [6, 6.07) is 6.55. The molecule has 0 saturated carbocycles. The fourth-order valence-electron chi connectivity index (χ4n) is 3.69. The molecule has 1 saturated heterocycles. The molecule has 6 nitrogen and oxygen atoms in total. The van der Waals surface area contributed by atoms with E-state index in [9.17, 15) is 13.2 Å². The van der Waals surface area contributed by atoms with Gasteiger partial charge in [0.15, 0.2) is 0 Å². The number of sulfonamides is 1. The Labute approximate surface area is 154 Å². The van der Waals surface area contributed by atoms with Gasteiger partial charge in [0.1, 0.15) is 11.8 Å². The molecule has 2 aromatic rings. The van der Waals surface area contributed by atoms with Gasteiger partial charge in [-0.05, 0) is 56.9 Å². The van der Waals surface area contributed by atoms with Crippen LogP contribution in [0.4, 0.5) is 0 Å². The lowest BCUT2D eigenvalue weighted by atomic mass is 10.1. The van der Waals surface area contributed by atoms with E-state index in [-0.39, 0.29) is 12.5 Å². The summed E-state index contributed by atoms with van der Waals surface area (Å²) in [5.74, 6) is 0.348. The monoisotopic (exact) mass is 376 g/mol. The molecule has 1 unspecified atom stereocenters. The SMILES string of the molecule is Cc1cc(C)c(S(=O)(=O)N2CCCC2C(=O)NCc2ccco2)c(C)c1. The van der Waals surface area contributed by atoms with Crippen LogP contribution in [0.15, 0.2) is 39.8 Å². The van der Waals surface area contributed by atoms with Crippen molar-refractivity contribution in [2.75, 3.05) is 6.54 Å². The molecule has 0 spiro atoms. The van der Waals surface area contributed by atoms with Crippen LogP contribution in [0.5, 0.6) is 0 Å². The van der Waals surface area contributed by atoms with Crippen molar-refractivity contribution in [1.82, 2.24) is 9.62 Å². The van der Waals surface area contributed by atoms with Gasteiger partial charge in [-0.25, -0.2) is 8.42 Å². The first-order valence-electron chi connectivity index (χ1n) is 8.70. The van der Waals surface area contributed by atoms with Crippen LogP contribution in [0, 0.1) is 20.8 Å². The Balaban J connectivity index is 1.84. The minimum atomic E-state index is -3.73. The molecule has 1 aliphatic rings. The molecule has 7 heteroatoms. The first-order chi connectivity index (χ1) is 12.3. The van der Waals surface area contributed by atoms with Crippen molar-refractivity contribution in [2.24, 2.45) is 0 Å². The molecule has 3 rings (SSSR count). The number of carbonyl (C=O) groups excluding carboxylic acids is 1. The summed E-state index contributed by atoms with van der Waals surface area (Å²) >= 11 is 0. The molecule has 1 amide bonds. The van der Waals surface area contributed by atoms with Gasteiger partial charge in [-0.2, -0.15) is 4.31 Å². The topological polar surface area (TPSA) is 79.6 Å². The predicted molar refractivity (Wildman–Crippen MR) is 98.1 cm³/mol. The minimum absolute atomic E-state index is 0.249. The number of nitrogens with zero attached hydrogens (tertiary/aromatic N) is 1. The molecule has 0 bridgehead atoms. The molecule has 2 heterocycles. The molecular weight excluding hydrogens is 352 g/mol. The Bertz CT molecular complexity index is 881. The van der Waals surface area contributed by atoms with Gasteiger partial charge in [0.25, 0.3) is 0 Å². The Kier molecular flexibility index (Phi) is 5.20. The standard InChI is InChI=1S/C19H24N2O4S/c1-13-10-14(2)18(15(3)11-13)26(23,24)21-8-4-7-17(21)19(22)20-12-16-6-5-9-25-16/h5-6,9-11,17H,4,7-8,12H2,1-3H3,(H,20,22). The maximum Gasteiger partial charge on any atom is 0.244 e. The fourth-order valence-corrected chi connectivity index (χ4v) is 5.76. The maximum atomic E-state index is 13.3. The molecule has 1 aromatic carbocycles. The number of benzene rings is 1. The third kappa shape index (κ3) is 3.54. The van der Waals surface area contributed by atoms with Crippen molar-refractivity contribution < 1.29 is 17.6 Å². The van der Waals surface area contributed by atoms with E-state index in [0.717, 1.165) is 5.56 Å². The second-order valence-corrected chi connectivity index (χ2v) is 8.63. The highest BCUT2D eigenvalue weighted by Crippen LogP contribution is 2.30. The molecular formula is C19H24N2O4S. The smallest absolute Gasteiger partial charge is 0.244 e. The van der Waals surface area contributed by atoms with Gasteiger partial charge in [0.05, 0.1) is 17.7 Å². The molecule has 1 aromatic heterocycles. The third-order valence-electron chi connectivity index (χ3n) is 4.69. The lowest BCUT2D eigenvalue weighted by Crippen LogP contribution is -2.45. The number of rotatable bonds is 5. The van der Waals surface area contributed by atoms with Gasteiger partial charge in [-0.15, -0.1) is 0 Å². The van der Waals surface area contributed by atoms with E-state index in [1.165, 1.54) is 10.6 Å². The van der Waals surface area contributed by atoms with Crippen LogP contribution in [0.1, 0.15) is 35.3 Å². The summed E-state index contributed by atoms with van der Waals surface area (Å²) in [6.45, 7) is 6.15. The van der Waals surface area contributed by atoms with E-state index in [4.69, 9.17) is 4.42 Å². The zero-order chi connectivity index (χ0) is 18.9. The van der Waals surface area contributed by atoms with Crippen molar-refractivity contribution in [2.45, 2.75) is 51.1 Å². The Morgan fingerprint density at radius 1 is 1.27 bits per heavy atom. The van der Waals surface area contributed by atoms with Crippen LogP contribution in [0.2, 0.25) is 0 Å². The second kappa shape index (κ2) is 7.25. The van der Waals surface area contributed by atoms with Crippen LogP contribution in [0.3, 0.4) is 0 Å². The highest BCUT2D eigenvalue weighted by Gasteiger charge is 2.40. The van der Waals surface area contributed by atoms with E-state index in [2.05, 4.69) is 5.32 Å². The number of hydrogen-bond donors (Lipinski definition) is 1. The van der Waals surface area contributed by atoms with Gasteiger partial charge in [0.2, 0.25) is 15.9 Å². The van der Waals surface area contributed by atoms with Gasteiger partial charge in [-0.3, -0.25) is 4.79 Å². The number of nitrogens with one attached hydrogen (secondary N) is 1. The van der Waals surface area contributed by atoms with E-state index < -0.39 is 16.1 Å². The molecule has 1 aliphatic heterocycles. The minimum Gasteiger partial charge on any atom is -0.467 e. The Morgan fingerprint density at radius 3 is 2.58 bits per heavy atom. The average molecular weight is 376 g/mol. The quantitative estimate of drug-likeness (QED) is 0.870. The molecule has 1 N–H and O–H groups in total. The molecule has 1 fully saturated rings. The lowest BCUT2D eigenvalue weighted by molar-refractivity contribution is -0.124. The van der Waals surface area contributed by atoms with Crippen LogP contribution in [-0.2, 0) is 21.4 Å². The Hall–Kier alpha value is -2.12. The van der Waals surface area contributed by atoms with Crippen molar-refractivity contribution in [1.29, 1.82) is 0 Å². The van der Waals surface area contributed by atoms with Gasteiger partial charge < -0.3 is 9.73 Å². The van der Waals surface area contributed by atoms with Crippen LogP contribution in [-0.4, -0.2) is 31.2 Å². The van der Waals surface area contributed by atoms with Crippen LogP contribution in [0.25, 0.3) is 0 Å². The van der Waals surface area contributed by atoms with E-state index in [0.29, 0.717) is 41.2 Å². The Morgan fingerprint density at radius 2 is 1.96 bits per heavy atom. The van der Waals surface area contributed by atoms with Crippen molar-refractivity contribution in [3.63, 3.8) is 0 Å². The largest absolute Gasteiger partial charge is 0.467 e. The third-order valence-corrected chi connectivity index (χ3v) is 6.91. The van der Waals surface area contributed by atoms with Crippen LogP contribution < -0.4 is 5.32 Å². The van der Waals surface area contributed by atoms with E-state index in [1.54, 1.807) is 26.0 Å². The summed E-state index contributed by atoms with van der Waals surface area (Å²) in [5.41, 5.74) is 2.45. The highest BCUT2D eigenvalue weighted by molar-refractivity contribution is 7.89. The summed E-state index contributed by atoms with van der Waals surface area (Å²) in [5, 5.41) is 2.78. The zero-order valence-corrected chi connectivity index (χ0v) is 16.1. The fraction of sp³-hybridized carbons (Fsp3) is 0.421. The van der Waals surface area contributed by atoms with E-state index in [1.807, 2.05) is 19.1 Å². The van der Waals surface area contributed by atoms with Gasteiger partial charge in [-0.1, -0.05) is 17.7 Å². The number of furan rings is 1. The maximum absolute atomic E-state index is 13.3. The summed E-state index contributed by atoms with van der Waals surface area (Å²) in [6.07, 6.45) is 2.73. The first-order valence-corrected chi connectivity index (χ1v) is 10.1. The van der Waals surface area contributed by atoms with Crippen LogP contribution >= 0.6 is 0 Å². The summed E-state index contributed by atoms with van der Waals surface area (Å²) in [7, 11) is -3.73. The predicted octanol–water partition coefficient (Wildman–Crippen LogP) is 2.67. The molecule has 0 radical (unpaired) electrons. The zero-order valence-electron chi connectivity index (χ0n) is 15.3. The van der Waals surface area contributed by atoms with Crippen molar-refractivity contribution >= 4 is 15.9 Å². The lowest BCUT2D eigenvalue weighted by Gasteiger charge is -2.25.